The highest BCUT2D eigenvalue weighted by atomic mass is 16.5. The summed E-state index contributed by atoms with van der Waals surface area (Å²) in [4.78, 5) is 18.8. The van der Waals surface area contributed by atoms with E-state index in [2.05, 4.69) is 29.0 Å². The van der Waals surface area contributed by atoms with E-state index in [0.29, 0.717) is 43.2 Å². The molecule has 0 radical (unpaired) electrons. The Labute approximate surface area is 173 Å². The molecule has 0 spiro atoms. The first-order valence-corrected chi connectivity index (χ1v) is 10.0. The van der Waals surface area contributed by atoms with Crippen molar-refractivity contribution in [2.24, 2.45) is 5.92 Å². The third-order valence-electron chi connectivity index (χ3n) is 4.88. The standard InChI is InChI=1S/C22H33N3O4/c1-7-16(4)25(12-17-8-9-18(27-5)10-20(17)28-6)13-21-24-19(14-29-21)22(26)23-11-15(2)3/h8-10,14-16H,7,11-13H2,1-6H3,(H,23,26). The van der Waals surface area contributed by atoms with Gasteiger partial charge in [0.2, 0.25) is 5.89 Å². The van der Waals surface area contributed by atoms with E-state index in [4.69, 9.17) is 13.9 Å². The van der Waals surface area contributed by atoms with Crippen LogP contribution in [0, 0.1) is 5.92 Å². The first-order valence-electron chi connectivity index (χ1n) is 10.0. The second-order valence-corrected chi connectivity index (χ2v) is 7.57. The number of hydrogen-bond donors (Lipinski definition) is 1. The molecule has 0 aliphatic carbocycles. The van der Waals surface area contributed by atoms with Crippen LogP contribution in [0.15, 0.2) is 28.9 Å². The molecule has 0 bridgehead atoms. The highest BCUT2D eigenvalue weighted by Gasteiger charge is 2.20. The van der Waals surface area contributed by atoms with Crippen LogP contribution >= 0.6 is 0 Å². The van der Waals surface area contributed by atoms with Gasteiger partial charge in [-0.3, -0.25) is 9.69 Å². The number of rotatable bonds is 11. The molecule has 1 N–H and O–H groups in total. The monoisotopic (exact) mass is 403 g/mol. The average molecular weight is 404 g/mol. The summed E-state index contributed by atoms with van der Waals surface area (Å²) in [6.07, 6.45) is 2.40. The van der Waals surface area contributed by atoms with E-state index in [1.54, 1.807) is 14.2 Å². The molecule has 2 aromatic rings. The smallest absolute Gasteiger partial charge is 0.273 e. The highest BCUT2D eigenvalue weighted by Crippen LogP contribution is 2.27. The minimum atomic E-state index is -0.208. The SMILES string of the molecule is CCC(C)N(Cc1nc(C(=O)NCC(C)C)co1)Cc1ccc(OC)cc1OC. The number of hydrogen-bond acceptors (Lipinski definition) is 6. The quantitative estimate of drug-likeness (QED) is 0.614. The zero-order valence-electron chi connectivity index (χ0n) is 18.3. The van der Waals surface area contributed by atoms with Crippen LogP contribution in [-0.4, -0.2) is 42.6 Å². The lowest BCUT2D eigenvalue weighted by Gasteiger charge is -2.27. The summed E-state index contributed by atoms with van der Waals surface area (Å²) < 4.78 is 16.4. The van der Waals surface area contributed by atoms with E-state index in [9.17, 15) is 4.79 Å². The molecule has 160 valence electrons. The van der Waals surface area contributed by atoms with Crippen LogP contribution in [0.25, 0.3) is 0 Å². The van der Waals surface area contributed by atoms with Gasteiger partial charge in [0, 0.05) is 30.8 Å². The van der Waals surface area contributed by atoms with Gasteiger partial charge in [-0.25, -0.2) is 4.98 Å². The van der Waals surface area contributed by atoms with Crippen LogP contribution in [-0.2, 0) is 13.1 Å². The lowest BCUT2D eigenvalue weighted by Crippen LogP contribution is -2.32. The number of carbonyl (C=O) groups is 1. The van der Waals surface area contributed by atoms with Gasteiger partial charge in [0.05, 0.1) is 20.8 Å². The Morgan fingerprint density at radius 3 is 2.59 bits per heavy atom. The summed E-state index contributed by atoms with van der Waals surface area (Å²) in [6.45, 7) is 10.2. The molecule has 1 unspecified atom stereocenters. The number of carbonyl (C=O) groups excluding carboxylic acids is 1. The van der Waals surface area contributed by atoms with Crippen LogP contribution in [0.4, 0.5) is 0 Å². The van der Waals surface area contributed by atoms with Gasteiger partial charge < -0.3 is 19.2 Å². The Morgan fingerprint density at radius 1 is 1.21 bits per heavy atom. The molecule has 0 aliphatic rings. The number of nitrogens with one attached hydrogen (secondary N) is 1. The molecule has 0 saturated carbocycles. The van der Waals surface area contributed by atoms with Crippen molar-refractivity contribution in [2.45, 2.75) is 53.2 Å². The Bertz CT molecular complexity index is 788. The predicted molar refractivity (Wildman–Crippen MR) is 112 cm³/mol. The second-order valence-electron chi connectivity index (χ2n) is 7.57. The van der Waals surface area contributed by atoms with Crippen LogP contribution in [0.2, 0.25) is 0 Å². The van der Waals surface area contributed by atoms with Crippen molar-refractivity contribution < 1.29 is 18.7 Å². The van der Waals surface area contributed by atoms with Gasteiger partial charge in [0.25, 0.3) is 5.91 Å². The van der Waals surface area contributed by atoms with E-state index >= 15 is 0 Å². The fourth-order valence-electron chi connectivity index (χ4n) is 2.88. The van der Waals surface area contributed by atoms with Gasteiger partial charge in [0.1, 0.15) is 17.8 Å². The van der Waals surface area contributed by atoms with E-state index in [-0.39, 0.29) is 5.91 Å². The normalized spacial score (nSPS) is 12.3. The summed E-state index contributed by atoms with van der Waals surface area (Å²) in [5, 5.41) is 2.86. The zero-order chi connectivity index (χ0) is 21.4. The lowest BCUT2D eigenvalue weighted by atomic mass is 10.1. The first-order chi connectivity index (χ1) is 13.9. The predicted octanol–water partition coefficient (Wildman–Crippen LogP) is 3.88. The Hall–Kier alpha value is -2.54. The molecular formula is C22H33N3O4. The van der Waals surface area contributed by atoms with Crippen molar-refractivity contribution >= 4 is 5.91 Å². The van der Waals surface area contributed by atoms with Crippen molar-refractivity contribution in [1.29, 1.82) is 0 Å². The second kappa shape index (κ2) is 10.9. The number of benzene rings is 1. The lowest BCUT2D eigenvalue weighted by molar-refractivity contribution is 0.0944. The van der Waals surface area contributed by atoms with Gasteiger partial charge in [0.15, 0.2) is 5.69 Å². The minimum absolute atomic E-state index is 0.208. The molecule has 0 fully saturated rings. The van der Waals surface area contributed by atoms with E-state index in [1.807, 2.05) is 32.0 Å². The van der Waals surface area contributed by atoms with Crippen LogP contribution in [0.5, 0.6) is 11.5 Å². The molecule has 1 amide bonds. The van der Waals surface area contributed by atoms with Crippen molar-refractivity contribution in [1.82, 2.24) is 15.2 Å². The third kappa shape index (κ3) is 6.49. The molecule has 29 heavy (non-hydrogen) atoms. The van der Waals surface area contributed by atoms with E-state index in [1.165, 1.54) is 6.26 Å². The van der Waals surface area contributed by atoms with Crippen LogP contribution in [0.1, 0.15) is 56.1 Å². The summed E-state index contributed by atoms with van der Waals surface area (Å²) in [7, 11) is 3.29. The van der Waals surface area contributed by atoms with Gasteiger partial charge in [-0.05, 0) is 25.3 Å². The topological polar surface area (TPSA) is 76.8 Å². The Morgan fingerprint density at radius 2 is 1.97 bits per heavy atom. The number of ether oxygens (including phenoxy) is 2. The third-order valence-corrected chi connectivity index (χ3v) is 4.88. The number of aromatic nitrogens is 1. The molecule has 7 heteroatoms. The fraction of sp³-hybridized carbons (Fsp3) is 0.545. The van der Waals surface area contributed by atoms with Gasteiger partial charge in [-0.15, -0.1) is 0 Å². The first kappa shape index (κ1) is 22.7. The maximum Gasteiger partial charge on any atom is 0.273 e. The Balaban J connectivity index is 2.13. The van der Waals surface area contributed by atoms with Crippen molar-refractivity contribution in [3.63, 3.8) is 0 Å². The van der Waals surface area contributed by atoms with Gasteiger partial charge in [-0.1, -0.05) is 26.8 Å². The van der Waals surface area contributed by atoms with Gasteiger partial charge in [-0.2, -0.15) is 0 Å². The van der Waals surface area contributed by atoms with Crippen molar-refractivity contribution in [2.75, 3.05) is 20.8 Å². The molecule has 0 saturated heterocycles. The highest BCUT2D eigenvalue weighted by molar-refractivity contribution is 5.91. The largest absolute Gasteiger partial charge is 0.497 e. The number of amides is 1. The van der Waals surface area contributed by atoms with E-state index < -0.39 is 0 Å². The molecule has 2 rings (SSSR count). The summed E-state index contributed by atoms with van der Waals surface area (Å²) in [5.41, 5.74) is 1.36. The zero-order valence-corrected chi connectivity index (χ0v) is 18.3. The fourth-order valence-corrected chi connectivity index (χ4v) is 2.88. The van der Waals surface area contributed by atoms with Gasteiger partial charge >= 0.3 is 0 Å². The maximum atomic E-state index is 12.2. The number of methoxy groups -OCH3 is 2. The molecule has 0 aliphatic heterocycles. The Kier molecular flexibility index (Phi) is 8.51. The number of oxazole rings is 1. The average Bonchev–Trinajstić information content (AvgIpc) is 3.19. The summed E-state index contributed by atoms with van der Waals surface area (Å²) in [6, 6.07) is 6.11. The molecule has 1 aromatic heterocycles. The van der Waals surface area contributed by atoms with Crippen LogP contribution in [0.3, 0.4) is 0 Å². The van der Waals surface area contributed by atoms with E-state index in [0.717, 1.165) is 23.5 Å². The van der Waals surface area contributed by atoms with Crippen LogP contribution < -0.4 is 14.8 Å². The van der Waals surface area contributed by atoms with Crippen molar-refractivity contribution in [3.05, 3.63) is 41.6 Å². The molecule has 1 heterocycles. The molecule has 1 atom stereocenters. The maximum absolute atomic E-state index is 12.2. The minimum Gasteiger partial charge on any atom is -0.497 e. The number of nitrogens with zero attached hydrogens (tertiary/aromatic N) is 2. The molecular weight excluding hydrogens is 370 g/mol. The summed E-state index contributed by atoms with van der Waals surface area (Å²) in [5.74, 6) is 2.23. The summed E-state index contributed by atoms with van der Waals surface area (Å²) >= 11 is 0. The molecule has 7 nitrogen and oxygen atoms in total. The van der Waals surface area contributed by atoms with Crippen molar-refractivity contribution in [3.8, 4) is 11.5 Å². The molecule has 1 aromatic carbocycles.